The maximum atomic E-state index is 13.8. The molecule has 4 heterocycles. The van der Waals surface area contributed by atoms with Gasteiger partial charge < -0.3 is 10.6 Å². The number of non-ortho nitro benzene ring substituents is 2. The summed E-state index contributed by atoms with van der Waals surface area (Å²) in [5.41, 5.74) is 0.993. The molecule has 16 nitrogen and oxygen atoms in total. The molecule has 54 heavy (non-hydrogen) atoms. The second-order valence-electron chi connectivity index (χ2n) is 13.4. The number of imide groups is 2. The molecule has 2 atom stereocenters. The Balaban J connectivity index is 0.937. The summed E-state index contributed by atoms with van der Waals surface area (Å²) in [4.78, 5) is 88.5. The zero-order chi connectivity index (χ0) is 38.0. The van der Waals surface area contributed by atoms with E-state index in [0.717, 1.165) is 9.80 Å². The largest absolute Gasteiger partial charge is 0.313 e. The number of pyridine rings is 2. The second kappa shape index (κ2) is 13.0. The van der Waals surface area contributed by atoms with Crippen molar-refractivity contribution in [1.29, 1.82) is 0 Å². The van der Waals surface area contributed by atoms with Gasteiger partial charge in [-0.3, -0.25) is 59.2 Å². The Morgan fingerprint density at radius 3 is 1.35 bits per heavy atom. The third-order valence-electron chi connectivity index (χ3n) is 10.0. The van der Waals surface area contributed by atoms with Crippen molar-refractivity contribution in [2.45, 2.75) is 25.9 Å². The molecule has 4 amide bonds. The van der Waals surface area contributed by atoms with Gasteiger partial charge in [0.25, 0.3) is 35.0 Å². The van der Waals surface area contributed by atoms with E-state index in [9.17, 15) is 39.4 Å². The number of hydrogen-bond donors (Lipinski definition) is 2. The summed E-state index contributed by atoms with van der Waals surface area (Å²) in [6, 6.07) is 14.1. The fraction of sp³-hybridized carbons (Fsp3) is 0.211. The lowest BCUT2D eigenvalue weighted by Gasteiger charge is -2.32. The third-order valence-corrected chi connectivity index (χ3v) is 10.0. The van der Waals surface area contributed by atoms with Gasteiger partial charge >= 0.3 is 0 Å². The minimum Gasteiger partial charge on any atom is -0.313 e. The molecule has 0 saturated heterocycles. The first-order valence-corrected chi connectivity index (χ1v) is 17.1. The van der Waals surface area contributed by atoms with Crippen LogP contribution in [0.15, 0.2) is 73.1 Å². The number of carbonyl (C=O) groups is 4. The lowest BCUT2D eigenvalue weighted by Crippen LogP contribution is -2.51. The van der Waals surface area contributed by atoms with Gasteiger partial charge in [-0.25, -0.2) is 0 Å². The maximum Gasteiger partial charge on any atom is 0.270 e. The number of hydrogen-bond acceptors (Lipinski definition) is 12. The van der Waals surface area contributed by atoms with Gasteiger partial charge in [0.1, 0.15) is 0 Å². The fourth-order valence-electron chi connectivity index (χ4n) is 7.55. The van der Waals surface area contributed by atoms with E-state index in [1.807, 2.05) is 0 Å². The highest BCUT2D eigenvalue weighted by Gasteiger charge is 2.39. The number of fused-ring (bicyclic) bond motifs is 4. The van der Waals surface area contributed by atoms with Crippen molar-refractivity contribution >= 4 is 78.4 Å². The van der Waals surface area contributed by atoms with E-state index in [1.54, 1.807) is 62.6 Å². The van der Waals surface area contributed by atoms with Crippen molar-refractivity contribution in [1.82, 2.24) is 30.4 Å². The number of rotatable bonds is 11. The molecule has 270 valence electrons. The molecule has 2 aliphatic heterocycles. The Morgan fingerprint density at radius 1 is 0.611 bits per heavy atom. The second-order valence-corrected chi connectivity index (χ2v) is 13.4. The van der Waals surface area contributed by atoms with Crippen LogP contribution in [0.25, 0.3) is 43.4 Å². The van der Waals surface area contributed by atoms with Gasteiger partial charge in [0.05, 0.1) is 32.0 Å². The molecule has 2 aromatic heterocycles. The molecule has 6 aromatic rings. The van der Waals surface area contributed by atoms with Crippen LogP contribution in [-0.2, 0) is 0 Å². The van der Waals surface area contributed by atoms with E-state index in [0.29, 0.717) is 56.4 Å². The van der Waals surface area contributed by atoms with Crippen molar-refractivity contribution in [3.8, 4) is 0 Å². The quantitative estimate of drug-likeness (QED) is 0.0609. The number of nitrogens with zero attached hydrogens (tertiary/aromatic N) is 6. The SMILES string of the molecule is C[C@H](CNCCNC[C@@H](C)N1C(=O)c2cc([N+](=O)[O-])cc3c2c(cc2cccnc23)C1=O)N1C(=O)c2cc([N+](=O)[O-])cc3c2c(cc2cccnc23)C1=O. The Labute approximate surface area is 305 Å². The number of carbonyl (C=O) groups excluding carboxylic acids is 4. The first kappa shape index (κ1) is 34.3. The van der Waals surface area contributed by atoms with E-state index in [-0.39, 0.29) is 46.7 Å². The highest BCUT2D eigenvalue weighted by Crippen LogP contribution is 2.39. The average molecular weight is 727 g/mol. The number of benzene rings is 4. The lowest BCUT2D eigenvalue weighted by atomic mass is 9.90. The maximum absolute atomic E-state index is 13.8. The summed E-state index contributed by atoms with van der Waals surface area (Å²) in [7, 11) is 0. The number of nitrogens with one attached hydrogen (secondary N) is 2. The molecule has 4 aromatic carbocycles. The minimum absolute atomic E-state index is 0.0592. The lowest BCUT2D eigenvalue weighted by molar-refractivity contribution is -0.384. The highest BCUT2D eigenvalue weighted by atomic mass is 16.6. The Morgan fingerprint density at radius 2 is 0.981 bits per heavy atom. The number of aromatic nitrogens is 2. The molecule has 0 fully saturated rings. The molecule has 2 aliphatic rings. The summed E-state index contributed by atoms with van der Waals surface area (Å²) in [5.74, 6) is -2.30. The van der Waals surface area contributed by atoms with Crippen LogP contribution in [0.5, 0.6) is 0 Å². The number of amides is 4. The Hall–Kier alpha value is -6.78. The monoisotopic (exact) mass is 726 g/mol. The third kappa shape index (κ3) is 5.38. The topological polar surface area (TPSA) is 211 Å². The van der Waals surface area contributed by atoms with Crippen LogP contribution in [0, 0.1) is 20.2 Å². The van der Waals surface area contributed by atoms with Crippen LogP contribution in [-0.4, -0.2) is 91.5 Å². The number of nitro groups is 2. The van der Waals surface area contributed by atoms with Gasteiger partial charge in [-0.2, -0.15) is 0 Å². The summed E-state index contributed by atoms with van der Waals surface area (Å²) in [6.07, 6.45) is 3.10. The molecule has 2 N–H and O–H groups in total. The average Bonchev–Trinajstić information content (AvgIpc) is 3.16. The molecule has 8 rings (SSSR count). The zero-order valence-electron chi connectivity index (χ0n) is 28.9. The zero-order valence-corrected chi connectivity index (χ0v) is 28.9. The van der Waals surface area contributed by atoms with Gasteiger partial charge in [-0.05, 0) is 38.1 Å². The normalized spacial score (nSPS) is 15.1. The molecule has 0 spiro atoms. The molecule has 16 heteroatoms. The van der Waals surface area contributed by atoms with Crippen molar-refractivity contribution in [3.63, 3.8) is 0 Å². The van der Waals surface area contributed by atoms with E-state index in [2.05, 4.69) is 20.6 Å². The standard InChI is InChI=1S/C38H30N8O8/c1-19(43-35(47)27-11-21-5-3-7-41-33(21)25-13-23(45(51)52)15-29(31(25)27)37(43)49)17-39-9-10-40-18-20(2)44-36(48)28-12-22-6-4-8-42-34(22)26-14-24(46(53)54)16-30(32(26)28)38(44)50/h3-8,11-16,19-20,39-40H,9-10,17-18H2,1-2H3/t19-,20-/m1/s1. The van der Waals surface area contributed by atoms with Crippen LogP contribution >= 0.6 is 0 Å². The van der Waals surface area contributed by atoms with Crippen LogP contribution in [0.1, 0.15) is 55.3 Å². The summed E-state index contributed by atoms with van der Waals surface area (Å²) < 4.78 is 0. The van der Waals surface area contributed by atoms with Gasteiger partial charge in [0.2, 0.25) is 0 Å². The smallest absolute Gasteiger partial charge is 0.270 e. The minimum atomic E-state index is -0.638. The molecular formula is C38H30N8O8. The van der Waals surface area contributed by atoms with Crippen LogP contribution in [0.4, 0.5) is 11.4 Å². The van der Waals surface area contributed by atoms with Crippen LogP contribution in [0.3, 0.4) is 0 Å². The predicted octanol–water partition coefficient (Wildman–Crippen LogP) is 4.75. The van der Waals surface area contributed by atoms with Gasteiger partial charge in [-0.15, -0.1) is 0 Å². The van der Waals surface area contributed by atoms with Gasteiger partial charge in [-0.1, -0.05) is 12.1 Å². The molecule has 0 bridgehead atoms. The molecule has 0 unspecified atom stereocenters. The van der Waals surface area contributed by atoms with E-state index >= 15 is 0 Å². The Bertz CT molecular complexity index is 2500. The van der Waals surface area contributed by atoms with Crippen molar-refractivity contribution in [3.05, 3.63) is 116 Å². The summed E-state index contributed by atoms with van der Waals surface area (Å²) in [6.45, 7) is 4.60. The fourth-order valence-corrected chi connectivity index (χ4v) is 7.55. The van der Waals surface area contributed by atoms with E-state index in [1.165, 1.54) is 24.3 Å². The van der Waals surface area contributed by atoms with E-state index < -0.39 is 45.6 Å². The molecule has 0 saturated carbocycles. The summed E-state index contributed by atoms with van der Waals surface area (Å²) >= 11 is 0. The summed E-state index contributed by atoms with van der Waals surface area (Å²) in [5, 5.41) is 32.7. The highest BCUT2D eigenvalue weighted by molar-refractivity contribution is 6.30. The van der Waals surface area contributed by atoms with Gasteiger partial charge in [0.15, 0.2) is 0 Å². The first-order valence-electron chi connectivity index (χ1n) is 17.1. The predicted molar refractivity (Wildman–Crippen MR) is 197 cm³/mol. The van der Waals surface area contributed by atoms with Crippen LogP contribution in [0.2, 0.25) is 0 Å². The van der Waals surface area contributed by atoms with Crippen LogP contribution < -0.4 is 10.6 Å². The Kier molecular flexibility index (Phi) is 8.27. The van der Waals surface area contributed by atoms with Gasteiger partial charge in [0, 0.05) is 118 Å². The molecule has 0 radical (unpaired) electrons. The van der Waals surface area contributed by atoms with Crippen molar-refractivity contribution in [2.24, 2.45) is 0 Å². The molecular weight excluding hydrogens is 696 g/mol. The van der Waals surface area contributed by atoms with E-state index in [4.69, 9.17) is 0 Å². The molecule has 0 aliphatic carbocycles. The van der Waals surface area contributed by atoms with Crippen molar-refractivity contribution < 1.29 is 29.0 Å². The van der Waals surface area contributed by atoms with Crippen molar-refractivity contribution in [2.75, 3.05) is 26.2 Å². The first-order chi connectivity index (χ1) is 26.0. The number of nitro benzene ring substituents is 2.